The summed E-state index contributed by atoms with van der Waals surface area (Å²) in [6.45, 7) is 6.20. The van der Waals surface area contributed by atoms with Crippen molar-refractivity contribution in [2.24, 2.45) is 11.7 Å². The van der Waals surface area contributed by atoms with E-state index in [9.17, 15) is 44.1 Å². The van der Waals surface area contributed by atoms with E-state index >= 15 is 0 Å². The Labute approximate surface area is 422 Å². The van der Waals surface area contributed by atoms with Crippen LogP contribution < -0.4 is 26.6 Å². The van der Waals surface area contributed by atoms with Crippen molar-refractivity contribution in [3.63, 3.8) is 0 Å². The van der Waals surface area contributed by atoms with E-state index < -0.39 is 82.9 Å². The molecule has 0 bridgehead atoms. The van der Waals surface area contributed by atoms with Crippen LogP contribution in [0.3, 0.4) is 0 Å². The number of likely N-dealkylation sites (tertiary alicyclic amines) is 1. The fraction of sp³-hybridized carbons (Fsp3) is 0.633. The zero-order chi connectivity index (χ0) is 52.7. The third-order valence-corrected chi connectivity index (χ3v) is 13.2. The Morgan fingerprint density at radius 2 is 1.48 bits per heavy atom. The fourth-order valence-corrected chi connectivity index (χ4v) is 9.40. The van der Waals surface area contributed by atoms with Gasteiger partial charge in [-0.15, -0.1) is 0 Å². The van der Waals surface area contributed by atoms with Crippen LogP contribution in [-0.4, -0.2) is 191 Å². The summed E-state index contributed by atoms with van der Waals surface area (Å²) in [4.78, 5) is 80.0. The van der Waals surface area contributed by atoms with Crippen LogP contribution in [0.2, 0.25) is 0 Å². The summed E-state index contributed by atoms with van der Waals surface area (Å²) in [5, 5.41) is 46.1. The first-order valence-electron chi connectivity index (χ1n) is 24.5. The van der Waals surface area contributed by atoms with Crippen LogP contribution in [0.15, 0.2) is 18.2 Å². The van der Waals surface area contributed by atoms with Crippen molar-refractivity contribution in [3.8, 4) is 17.2 Å². The number of nitrogens with one attached hydrogen (secondary N) is 3. The van der Waals surface area contributed by atoms with E-state index in [1.165, 1.54) is 25.3 Å². The number of ether oxygens (including phenoxy) is 9. The number of piperidine rings is 1. The van der Waals surface area contributed by atoms with E-state index in [2.05, 4.69) is 16.2 Å². The Balaban J connectivity index is 0.00000429. The normalized spacial score (nSPS) is 23.8. The summed E-state index contributed by atoms with van der Waals surface area (Å²) in [5.41, 5.74) is 5.96. The Bertz CT molecular complexity index is 2250. The molecule has 2 aliphatic carbocycles. The third kappa shape index (κ3) is 14.3. The number of phenols is 2. The number of ketones is 2. The molecule has 0 radical (unpaired) electrons. The van der Waals surface area contributed by atoms with Gasteiger partial charge in [0.15, 0.2) is 17.7 Å². The Morgan fingerprint density at radius 1 is 0.836 bits per heavy atom. The molecule has 7 rings (SSSR count). The molecule has 2 unspecified atom stereocenters. The van der Waals surface area contributed by atoms with Gasteiger partial charge < -0.3 is 73.7 Å². The summed E-state index contributed by atoms with van der Waals surface area (Å²) in [6.07, 6.45) is -2.72. The van der Waals surface area contributed by atoms with Gasteiger partial charge in [-0.25, -0.2) is 0 Å². The predicted molar refractivity (Wildman–Crippen MR) is 253 cm³/mol. The van der Waals surface area contributed by atoms with Gasteiger partial charge in [0.05, 0.1) is 121 Å². The molecule has 3 fully saturated rings. The summed E-state index contributed by atoms with van der Waals surface area (Å²) in [7, 11) is 2.33. The van der Waals surface area contributed by atoms with E-state index in [4.69, 9.17) is 53.5 Å². The molecule has 3 heterocycles. The number of rotatable bonds is 22. The first-order valence-corrected chi connectivity index (χ1v) is 24.5. The van der Waals surface area contributed by atoms with Gasteiger partial charge in [-0.3, -0.25) is 44.9 Å². The maximum Gasteiger partial charge on any atom is 0.270 e. The number of phenolic OH excluding ortho intramolecular Hbond substituents is 2. The first-order chi connectivity index (χ1) is 35.2. The van der Waals surface area contributed by atoms with Crippen molar-refractivity contribution in [3.05, 3.63) is 51.6 Å². The largest absolute Gasteiger partial charge is 0.507 e. The molecule has 404 valence electrons. The SMILES string of the molecule is CO.COc1cccc2c1C(=O)c1c(O)c3c(c(O)c1C2=O)C[C@@](O)(C(=O)NNC(=O)CCOCCOCCOCCOCCC(=O)N1CCC(C(N)=O)CC1)C[C@@H]3OC1CC[C@H](OC2COCCN2)[C@H](C)O1. The molecule has 3 saturated heterocycles. The van der Waals surface area contributed by atoms with Crippen LogP contribution in [0, 0.1) is 5.92 Å². The maximum absolute atomic E-state index is 14.1. The Morgan fingerprint density at radius 3 is 2.10 bits per heavy atom. The van der Waals surface area contributed by atoms with Crippen LogP contribution >= 0.6 is 0 Å². The smallest absolute Gasteiger partial charge is 0.270 e. The molecular formula is C49H69N5O19. The maximum atomic E-state index is 14.1. The molecule has 5 aliphatic rings. The molecule has 2 aromatic carbocycles. The minimum absolute atomic E-state index is 0.0233. The number of hydrogen-bond donors (Lipinski definition) is 8. The number of methoxy groups -OCH3 is 1. The molecule has 0 aromatic heterocycles. The average Bonchev–Trinajstić information content (AvgIpc) is 3.39. The second-order valence-corrected chi connectivity index (χ2v) is 18.0. The van der Waals surface area contributed by atoms with Crippen molar-refractivity contribution >= 4 is 35.2 Å². The monoisotopic (exact) mass is 1030 g/mol. The number of nitrogens with zero attached hydrogens (tertiary/aromatic N) is 1. The highest BCUT2D eigenvalue weighted by atomic mass is 16.7. The van der Waals surface area contributed by atoms with Gasteiger partial charge in [-0.2, -0.15) is 0 Å². The number of nitrogens with two attached hydrogens (primary N) is 1. The number of morpholine rings is 1. The molecule has 9 N–H and O–H groups in total. The topological polar surface area (TPSA) is 332 Å². The van der Waals surface area contributed by atoms with Crippen LogP contribution in [0.5, 0.6) is 17.2 Å². The van der Waals surface area contributed by atoms with Crippen molar-refractivity contribution in [1.82, 2.24) is 21.1 Å². The van der Waals surface area contributed by atoms with E-state index in [0.29, 0.717) is 71.9 Å². The number of carbonyl (C=O) groups excluding carboxylic acids is 6. The Kier molecular flexibility index (Phi) is 21.2. The number of fused-ring (bicyclic) bond motifs is 3. The number of aromatic hydroxyl groups is 2. The number of aliphatic hydroxyl groups excluding tert-OH is 1. The van der Waals surface area contributed by atoms with E-state index in [1.54, 1.807) is 11.8 Å². The Hall–Kier alpha value is -5.38. The van der Waals surface area contributed by atoms with E-state index in [-0.39, 0.29) is 110 Å². The quantitative estimate of drug-likeness (QED) is 0.0367. The van der Waals surface area contributed by atoms with Gasteiger partial charge >= 0.3 is 0 Å². The zero-order valence-electron chi connectivity index (χ0n) is 41.5. The van der Waals surface area contributed by atoms with Gasteiger partial charge in [0, 0.05) is 68.6 Å². The number of hydrazine groups is 1. The van der Waals surface area contributed by atoms with Gasteiger partial charge in [0.2, 0.25) is 23.5 Å². The lowest BCUT2D eigenvalue weighted by molar-refractivity contribution is -0.258. The van der Waals surface area contributed by atoms with E-state index in [1.807, 2.05) is 0 Å². The van der Waals surface area contributed by atoms with Crippen LogP contribution in [0.1, 0.15) is 101 Å². The molecule has 24 nitrogen and oxygen atoms in total. The van der Waals surface area contributed by atoms with Crippen LogP contribution in [-0.2, 0) is 63.5 Å². The molecule has 24 heteroatoms. The van der Waals surface area contributed by atoms with Gasteiger partial charge in [-0.05, 0) is 32.3 Å². The number of amides is 4. The molecule has 0 saturated carbocycles. The fourth-order valence-electron chi connectivity index (χ4n) is 9.40. The van der Waals surface area contributed by atoms with Crippen molar-refractivity contribution in [2.75, 3.05) is 99.9 Å². The minimum atomic E-state index is -2.40. The summed E-state index contributed by atoms with van der Waals surface area (Å²) in [5.74, 6) is -5.15. The number of benzene rings is 2. The molecule has 6 atom stereocenters. The number of carbonyl (C=O) groups is 6. The minimum Gasteiger partial charge on any atom is -0.507 e. The van der Waals surface area contributed by atoms with Gasteiger partial charge in [0.25, 0.3) is 5.91 Å². The number of hydrogen-bond acceptors (Lipinski definition) is 20. The van der Waals surface area contributed by atoms with E-state index in [0.717, 1.165) is 7.11 Å². The highest BCUT2D eigenvalue weighted by Gasteiger charge is 2.50. The lowest BCUT2D eigenvalue weighted by Gasteiger charge is -2.42. The summed E-state index contributed by atoms with van der Waals surface area (Å²) >= 11 is 0. The second-order valence-electron chi connectivity index (χ2n) is 18.0. The van der Waals surface area contributed by atoms with Gasteiger partial charge in [0.1, 0.15) is 23.5 Å². The second kappa shape index (κ2) is 27.2. The highest BCUT2D eigenvalue weighted by molar-refractivity contribution is 6.31. The predicted octanol–water partition coefficient (Wildman–Crippen LogP) is -0.201. The van der Waals surface area contributed by atoms with Crippen molar-refractivity contribution in [1.29, 1.82) is 0 Å². The zero-order valence-corrected chi connectivity index (χ0v) is 41.5. The highest BCUT2D eigenvalue weighted by Crippen LogP contribution is 2.52. The lowest BCUT2D eigenvalue weighted by Crippen LogP contribution is -2.56. The number of aliphatic hydroxyl groups is 2. The molecule has 0 spiro atoms. The molecule has 4 amide bonds. The molecule has 2 aromatic rings. The molecule has 73 heavy (non-hydrogen) atoms. The average molecular weight is 1030 g/mol. The number of primary amides is 1. The van der Waals surface area contributed by atoms with Gasteiger partial charge in [-0.1, -0.05) is 12.1 Å². The lowest BCUT2D eigenvalue weighted by atomic mass is 9.72. The standard InChI is InChI=1S/C48H65N5O18.CH4O/c1-27-31(70-35-26-68-17-12-50-35)6-7-37(69-27)71-33-25-48(62,24-30-39(33)45(59)41-40(43(30)57)42(56)29-4-3-5-32(63-2)38(29)44(41)58)47(61)52-51-34(54)10-15-64-18-20-66-22-23-67-21-19-65-16-11-36(55)53-13-8-28(9-14-53)46(49)60;1-2/h3-5,27-28,31,33,35,37,50,57,59,62H,6-26H2,1-2H3,(H2,49,60)(H,51,54)(H,52,61);2H,1H3/t27-,31-,33-,35?,37?,48-;/m0./s1. The molecule has 3 aliphatic heterocycles. The summed E-state index contributed by atoms with van der Waals surface area (Å²) < 4.78 is 51.6. The summed E-state index contributed by atoms with van der Waals surface area (Å²) in [6, 6.07) is 4.38. The third-order valence-electron chi connectivity index (χ3n) is 13.2. The first kappa shape index (κ1) is 56.9. The van der Waals surface area contributed by atoms with Crippen LogP contribution in [0.25, 0.3) is 0 Å². The molecular weight excluding hydrogens is 963 g/mol. The van der Waals surface area contributed by atoms with Crippen molar-refractivity contribution < 1.29 is 91.8 Å². The van der Waals surface area contributed by atoms with Crippen molar-refractivity contribution in [2.45, 2.75) is 94.7 Å². The van der Waals surface area contributed by atoms with Crippen LogP contribution in [0.4, 0.5) is 0 Å².